The molecule has 12 rings (SSSR count). The molecular weight excluding hydrogens is 1230 g/mol. The minimum atomic E-state index is -4.45. The van der Waals surface area contributed by atoms with Crippen molar-refractivity contribution < 1.29 is 28.4 Å². The molecule has 4 aliphatic rings. The van der Waals surface area contributed by atoms with Crippen LogP contribution in [0.1, 0.15) is 228 Å². The molecule has 14 heteroatoms. The maximum absolute atomic E-state index is 17.3. The molecule has 0 saturated carbocycles. The highest BCUT2D eigenvalue weighted by Gasteiger charge is 2.73. The van der Waals surface area contributed by atoms with Crippen LogP contribution in [0.15, 0.2) is 180 Å². The van der Waals surface area contributed by atoms with E-state index < -0.39 is 25.9 Å². The summed E-state index contributed by atoms with van der Waals surface area (Å²) in [4.78, 5) is 19.2. The van der Waals surface area contributed by atoms with E-state index in [2.05, 4.69) is 184 Å². The predicted molar refractivity (Wildman–Crippen MR) is 399 cm³/mol. The van der Waals surface area contributed by atoms with Crippen molar-refractivity contribution in [3.05, 3.63) is 214 Å². The van der Waals surface area contributed by atoms with E-state index in [1.165, 1.54) is 0 Å². The third-order valence-corrected chi connectivity index (χ3v) is 25.4. The lowest BCUT2D eigenvalue weighted by Crippen LogP contribution is -2.79. The van der Waals surface area contributed by atoms with Crippen LogP contribution >= 0.6 is 14.7 Å². The minimum Gasteiger partial charge on any atom is -0.435 e. The number of anilines is 2. The predicted octanol–water partition coefficient (Wildman–Crippen LogP) is 21.1. The van der Waals surface area contributed by atoms with Gasteiger partial charge in [-0.15, -0.1) is 0 Å². The number of aliphatic hydroxyl groups is 2. The number of para-hydroxylation sites is 6. The summed E-state index contributed by atoms with van der Waals surface area (Å²) in [6.07, 6.45) is 2.39. The number of guanidine groups is 2. The van der Waals surface area contributed by atoms with Gasteiger partial charge >= 0.3 is 25.9 Å². The van der Waals surface area contributed by atoms with E-state index in [9.17, 15) is 10.2 Å². The third-order valence-electron chi connectivity index (χ3n) is 20.0. The van der Waals surface area contributed by atoms with Gasteiger partial charge in [-0.1, -0.05) is 269 Å². The molecule has 2 fully saturated rings. The van der Waals surface area contributed by atoms with Gasteiger partial charge in [0.2, 0.25) is 11.9 Å². The molecule has 2 saturated heterocycles. The molecule has 96 heavy (non-hydrogen) atoms. The summed E-state index contributed by atoms with van der Waals surface area (Å²) in [6, 6.07) is 56.2. The van der Waals surface area contributed by atoms with Gasteiger partial charge in [0.05, 0.1) is 33.4 Å². The maximum Gasteiger partial charge on any atom is 0.351 e. The number of fused-ring (bicyclic) bond motifs is 6. The highest BCUT2D eigenvalue weighted by molar-refractivity contribution is 7.69. The lowest BCUT2D eigenvalue weighted by atomic mass is 9.91. The highest BCUT2D eigenvalue weighted by atomic mass is 31.2. The molecule has 0 bridgehead atoms. The van der Waals surface area contributed by atoms with Gasteiger partial charge in [-0.3, -0.25) is 28.7 Å². The number of nitrogens with zero attached hydrogens (tertiary/aromatic N) is 6. The Morgan fingerprint density at radius 3 is 0.896 bits per heavy atom. The van der Waals surface area contributed by atoms with Gasteiger partial charge in [-0.2, -0.15) is 0 Å². The average molecular weight is 1330 g/mol. The summed E-state index contributed by atoms with van der Waals surface area (Å²) < 4.78 is 48.6. The number of hydrogen-bond donors (Lipinski definition) is 2. The Morgan fingerprint density at radius 1 is 0.344 bits per heavy atom. The molecule has 8 aromatic rings. The zero-order valence-electron chi connectivity index (χ0n) is 59.1. The fraction of sp³-hybridized carbons (Fsp3) is 0.390. The number of unbranched alkanes of at least 4 members (excludes halogenated alkanes) is 3. The van der Waals surface area contributed by atoms with Crippen LogP contribution in [-0.2, 0) is 9.13 Å². The van der Waals surface area contributed by atoms with Crippen molar-refractivity contribution in [1.82, 2.24) is 9.80 Å². The summed E-state index contributed by atoms with van der Waals surface area (Å²) in [5.41, 5.74) is 10.1. The van der Waals surface area contributed by atoms with E-state index in [1.807, 2.05) is 117 Å². The monoisotopic (exact) mass is 1320 g/mol. The average Bonchev–Trinajstić information content (AvgIpc) is 0.677. The Hall–Kier alpha value is -7.72. The van der Waals surface area contributed by atoms with Crippen LogP contribution in [0.2, 0.25) is 0 Å². The quantitative estimate of drug-likeness (QED) is 0.0530. The van der Waals surface area contributed by atoms with Crippen molar-refractivity contribution in [1.29, 1.82) is 0 Å². The zero-order chi connectivity index (χ0) is 68.5. The van der Waals surface area contributed by atoms with Crippen molar-refractivity contribution in [2.45, 2.75) is 195 Å². The molecule has 0 aromatic heterocycles. The Balaban J connectivity index is 0.992. The number of rotatable bonds is 21. The van der Waals surface area contributed by atoms with Crippen LogP contribution in [0.3, 0.4) is 0 Å². The van der Waals surface area contributed by atoms with Gasteiger partial charge in [0.1, 0.15) is 11.5 Å². The van der Waals surface area contributed by atoms with E-state index in [1.54, 1.807) is 0 Å². The molecule has 12 nitrogen and oxygen atoms in total. The van der Waals surface area contributed by atoms with E-state index in [0.29, 0.717) is 59.7 Å². The zero-order valence-corrected chi connectivity index (χ0v) is 60.9. The van der Waals surface area contributed by atoms with Crippen molar-refractivity contribution >= 4 is 60.0 Å². The summed E-state index contributed by atoms with van der Waals surface area (Å²) in [5, 5.41) is 30.2. The smallest absolute Gasteiger partial charge is 0.351 e. The molecule has 0 radical (unpaired) electrons. The number of aliphatic imine (C=N–C) groups is 2. The van der Waals surface area contributed by atoms with Crippen LogP contribution in [0, 0.1) is 0 Å². The van der Waals surface area contributed by atoms with Gasteiger partial charge in [-0.25, -0.2) is 9.98 Å². The van der Waals surface area contributed by atoms with Gasteiger partial charge < -0.3 is 19.3 Å². The molecule has 4 unspecified atom stereocenters. The Kier molecular flexibility index (Phi) is 18.9. The van der Waals surface area contributed by atoms with Crippen molar-refractivity contribution in [2.75, 3.05) is 22.9 Å². The fourth-order valence-electron chi connectivity index (χ4n) is 14.9. The number of benzene rings is 8. The first kappa shape index (κ1) is 68.2. The molecule has 0 aliphatic carbocycles. The topological polar surface area (TPSA) is 131 Å². The molecule has 8 aromatic carbocycles. The lowest BCUT2D eigenvalue weighted by Gasteiger charge is -2.61. The molecule has 0 spiro atoms. The fourth-order valence-corrected chi connectivity index (χ4v) is 20.4. The van der Waals surface area contributed by atoms with Gasteiger partial charge in [0.25, 0.3) is 0 Å². The van der Waals surface area contributed by atoms with Gasteiger partial charge in [0.15, 0.2) is 0 Å². The van der Waals surface area contributed by atoms with Crippen LogP contribution < -0.4 is 29.5 Å². The minimum absolute atomic E-state index is 0.00798. The van der Waals surface area contributed by atoms with Crippen molar-refractivity contribution in [2.24, 2.45) is 9.98 Å². The summed E-state index contributed by atoms with van der Waals surface area (Å²) in [5.74, 6) is 2.35. The summed E-state index contributed by atoms with van der Waals surface area (Å²) in [7, 11) is -8.91. The van der Waals surface area contributed by atoms with Gasteiger partial charge in [0, 0.05) is 24.2 Å². The molecule has 4 atom stereocenters. The van der Waals surface area contributed by atoms with E-state index >= 15 is 9.13 Å². The second kappa shape index (κ2) is 26.6. The normalized spacial score (nSPS) is 21.4. The van der Waals surface area contributed by atoms with Crippen molar-refractivity contribution in [3.63, 3.8) is 0 Å². The summed E-state index contributed by atoms with van der Waals surface area (Å²) >= 11 is 0. The van der Waals surface area contributed by atoms with Crippen LogP contribution in [0.5, 0.6) is 11.5 Å². The molecular formula is C82H98N6O6P2. The first-order chi connectivity index (χ1) is 45.8. The second-order valence-corrected chi connectivity index (χ2v) is 33.8. The molecule has 2 N–H and O–H groups in total. The molecule has 4 heterocycles. The number of hydrogen-bond acceptors (Lipinski definition) is 8. The Labute approximate surface area is 571 Å². The van der Waals surface area contributed by atoms with Crippen LogP contribution in [-0.4, -0.2) is 56.2 Å². The molecule has 4 aliphatic heterocycles. The lowest BCUT2D eigenvalue weighted by molar-refractivity contribution is -0.0355. The van der Waals surface area contributed by atoms with Crippen LogP contribution in [0.4, 0.5) is 22.7 Å². The summed E-state index contributed by atoms with van der Waals surface area (Å²) in [6.45, 7) is 35.4. The van der Waals surface area contributed by atoms with Gasteiger partial charge in [-0.05, 0) is 140 Å². The largest absolute Gasteiger partial charge is 0.435 e. The maximum atomic E-state index is 17.3. The first-order valence-electron chi connectivity index (χ1n) is 35.1. The van der Waals surface area contributed by atoms with E-state index in [4.69, 9.17) is 19.0 Å². The third kappa shape index (κ3) is 11.1. The van der Waals surface area contributed by atoms with Crippen molar-refractivity contribution in [3.8, 4) is 33.8 Å². The molecule has 0 amide bonds. The van der Waals surface area contributed by atoms with E-state index in [-0.39, 0.29) is 60.4 Å². The van der Waals surface area contributed by atoms with Crippen LogP contribution in [0.25, 0.3) is 22.3 Å². The Morgan fingerprint density at radius 2 is 0.604 bits per heavy atom. The SMILES string of the molecule is CC(C)c1cccc(C(C)C)c1/N=C1\N(CCCCCCN2/C(=N\c3c(C(C)C)cccc3C(C)C)N(c3c(C(C)C)cccc3C(C)C)C2(O)P2(=O)Oc3ccccc3-c3ccccc32)C(O)(P2(=O)Oc3ccccc3-c3ccccc32)N1c1c(C(C)C)cccc1C(C)C. The standard InChI is InChI=1S/C82H98N6O6P2/c1-51(2)59-37-29-38-60(52(3)4)75(59)83-79-85(81(89,87(79)77-63(55(9)10)41-31-42-64(77)56(11)12)95(91)73-47-25-21-35-69(73)67-33-19-23-45-71(67)93-95)49-27-17-18-28-50-86-80(84-76-61(53(5)6)39-30-40-62(76)54(7)8)88(78-65(57(13)14)43-32-44-66(78)58(15)16)82(86,90)96(92)74-48-26-22-36-70(74)68-34-20-24-46-72(68)94-96/h19-26,29-48,51-58,89-90H,17-18,27-28,49-50H2,1-16H3/b83-79+,84-80+. The molecule has 502 valence electrons. The first-order valence-corrected chi connectivity index (χ1v) is 38.3. The second-order valence-electron chi connectivity index (χ2n) is 29.1. The van der Waals surface area contributed by atoms with E-state index in [0.717, 1.165) is 89.5 Å². The highest BCUT2D eigenvalue weighted by Crippen LogP contribution is 2.70. The Bertz CT molecular complexity index is 4030.